The molecule has 0 rings (SSSR count). The molecule has 1 atom stereocenters. The van der Waals surface area contributed by atoms with E-state index in [1.807, 2.05) is 13.2 Å². The standard InChI is InChI=1S/C11H26N2O2S2/c1-4-7-12-8-6-9-17(14,15)13-11(5-2)10-16-3/h11-13H,4-10H2,1-3H3. The fourth-order valence-electron chi connectivity index (χ4n) is 1.44. The maximum Gasteiger partial charge on any atom is 0.211 e. The van der Waals surface area contributed by atoms with Crippen LogP contribution >= 0.6 is 11.8 Å². The van der Waals surface area contributed by atoms with Gasteiger partial charge in [0.05, 0.1) is 5.75 Å². The number of hydrogen-bond donors (Lipinski definition) is 2. The van der Waals surface area contributed by atoms with Crippen molar-refractivity contribution in [3.8, 4) is 0 Å². The first-order valence-corrected chi connectivity index (χ1v) is 9.30. The SMILES string of the molecule is CCCNCCCS(=O)(=O)NC(CC)CSC. The molecule has 0 heterocycles. The molecule has 0 spiro atoms. The summed E-state index contributed by atoms with van der Waals surface area (Å²) in [6.45, 7) is 5.83. The van der Waals surface area contributed by atoms with Crippen molar-refractivity contribution in [2.24, 2.45) is 0 Å². The predicted molar refractivity (Wildman–Crippen MR) is 77.2 cm³/mol. The van der Waals surface area contributed by atoms with E-state index in [0.717, 1.165) is 31.7 Å². The van der Waals surface area contributed by atoms with Crippen LogP contribution in [0, 0.1) is 0 Å². The topological polar surface area (TPSA) is 58.2 Å². The quantitative estimate of drug-likeness (QED) is 0.563. The first kappa shape index (κ1) is 17.2. The Morgan fingerprint density at radius 2 is 1.94 bits per heavy atom. The van der Waals surface area contributed by atoms with Gasteiger partial charge in [0.2, 0.25) is 10.0 Å². The molecule has 17 heavy (non-hydrogen) atoms. The summed E-state index contributed by atoms with van der Waals surface area (Å²) in [6.07, 6.45) is 4.58. The van der Waals surface area contributed by atoms with Crippen LogP contribution in [0.1, 0.15) is 33.1 Å². The molecule has 0 aromatic carbocycles. The van der Waals surface area contributed by atoms with Gasteiger partial charge in [-0.25, -0.2) is 13.1 Å². The van der Waals surface area contributed by atoms with Gasteiger partial charge < -0.3 is 5.32 Å². The van der Waals surface area contributed by atoms with Crippen LogP contribution in [0.3, 0.4) is 0 Å². The Bertz CT molecular complexity index is 269. The molecule has 6 heteroatoms. The lowest BCUT2D eigenvalue weighted by Gasteiger charge is -2.15. The molecule has 0 aromatic heterocycles. The normalized spacial score (nSPS) is 13.8. The number of thioether (sulfide) groups is 1. The molecule has 0 aliphatic heterocycles. The van der Waals surface area contributed by atoms with Gasteiger partial charge in [-0.05, 0) is 38.6 Å². The third-order valence-electron chi connectivity index (χ3n) is 2.40. The van der Waals surface area contributed by atoms with Crippen molar-refractivity contribution < 1.29 is 8.42 Å². The van der Waals surface area contributed by atoms with Gasteiger partial charge in [-0.2, -0.15) is 11.8 Å². The van der Waals surface area contributed by atoms with Gasteiger partial charge in [0, 0.05) is 11.8 Å². The molecule has 2 N–H and O–H groups in total. The Kier molecular flexibility index (Phi) is 10.3. The summed E-state index contributed by atoms with van der Waals surface area (Å²) in [5.74, 6) is 1.05. The highest BCUT2D eigenvalue weighted by atomic mass is 32.2. The van der Waals surface area contributed by atoms with Crippen LogP contribution in [-0.2, 0) is 10.0 Å². The van der Waals surface area contributed by atoms with Crippen LogP contribution in [0.25, 0.3) is 0 Å². The van der Waals surface area contributed by atoms with Gasteiger partial charge in [-0.3, -0.25) is 0 Å². The van der Waals surface area contributed by atoms with E-state index in [9.17, 15) is 8.42 Å². The summed E-state index contributed by atoms with van der Waals surface area (Å²) in [7, 11) is -3.11. The van der Waals surface area contributed by atoms with Crippen molar-refractivity contribution in [3.05, 3.63) is 0 Å². The largest absolute Gasteiger partial charge is 0.317 e. The Hall–Kier alpha value is 0.220. The van der Waals surface area contributed by atoms with Gasteiger partial charge in [-0.15, -0.1) is 0 Å². The van der Waals surface area contributed by atoms with Gasteiger partial charge in [0.25, 0.3) is 0 Å². The summed E-state index contributed by atoms with van der Waals surface area (Å²) < 4.78 is 26.3. The van der Waals surface area contributed by atoms with E-state index in [-0.39, 0.29) is 11.8 Å². The van der Waals surface area contributed by atoms with E-state index in [1.54, 1.807) is 11.8 Å². The summed E-state index contributed by atoms with van der Waals surface area (Å²) in [5.41, 5.74) is 0. The molecule has 104 valence electrons. The Morgan fingerprint density at radius 3 is 2.47 bits per heavy atom. The predicted octanol–water partition coefficient (Wildman–Crippen LogP) is 1.44. The van der Waals surface area contributed by atoms with E-state index >= 15 is 0 Å². The van der Waals surface area contributed by atoms with Crippen molar-refractivity contribution in [2.75, 3.05) is 30.9 Å². The third-order valence-corrected chi connectivity index (χ3v) is 4.65. The highest BCUT2D eigenvalue weighted by Gasteiger charge is 2.15. The summed E-state index contributed by atoms with van der Waals surface area (Å²) >= 11 is 1.67. The maximum atomic E-state index is 11.8. The molecule has 0 aliphatic rings. The lowest BCUT2D eigenvalue weighted by atomic mass is 10.3. The molecule has 0 radical (unpaired) electrons. The zero-order valence-electron chi connectivity index (χ0n) is 11.2. The molecule has 0 saturated heterocycles. The van der Waals surface area contributed by atoms with Crippen molar-refractivity contribution >= 4 is 21.8 Å². The Labute approximate surface area is 110 Å². The van der Waals surface area contributed by atoms with Crippen molar-refractivity contribution in [2.45, 2.75) is 39.2 Å². The monoisotopic (exact) mass is 282 g/mol. The van der Waals surface area contributed by atoms with Gasteiger partial charge in [0.15, 0.2) is 0 Å². The fraction of sp³-hybridized carbons (Fsp3) is 1.00. The highest BCUT2D eigenvalue weighted by molar-refractivity contribution is 7.98. The van der Waals surface area contributed by atoms with E-state index in [1.165, 1.54) is 0 Å². The van der Waals surface area contributed by atoms with E-state index in [4.69, 9.17) is 0 Å². The van der Waals surface area contributed by atoms with Gasteiger partial charge in [-0.1, -0.05) is 13.8 Å². The van der Waals surface area contributed by atoms with Crippen LogP contribution in [0.4, 0.5) is 0 Å². The summed E-state index contributed by atoms with van der Waals surface area (Å²) in [6, 6.07) is 0.0681. The van der Waals surface area contributed by atoms with Crippen LogP contribution in [0.2, 0.25) is 0 Å². The third kappa shape index (κ3) is 9.88. The molecule has 0 bridgehead atoms. The minimum atomic E-state index is -3.11. The van der Waals surface area contributed by atoms with Crippen LogP contribution in [0.5, 0.6) is 0 Å². The zero-order chi connectivity index (χ0) is 13.1. The molecular weight excluding hydrogens is 256 g/mol. The van der Waals surface area contributed by atoms with Crippen LogP contribution in [0.15, 0.2) is 0 Å². The molecular formula is C11H26N2O2S2. The Morgan fingerprint density at radius 1 is 1.24 bits per heavy atom. The average Bonchev–Trinajstić information content (AvgIpc) is 2.28. The molecule has 0 amide bonds. The van der Waals surface area contributed by atoms with E-state index in [0.29, 0.717) is 6.42 Å². The van der Waals surface area contributed by atoms with Crippen molar-refractivity contribution in [3.63, 3.8) is 0 Å². The van der Waals surface area contributed by atoms with E-state index < -0.39 is 10.0 Å². The second-order valence-corrected chi connectivity index (χ2v) is 6.88. The summed E-state index contributed by atoms with van der Waals surface area (Å²) in [4.78, 5) is 0. The summed E-state index contributed by atoms with van der Waals surface area (Å²) in [5, 5.41) is 3.20. The first-order valence-electron chi connectivity index (χ1n) is 6.25. The first-order chi connectivity index (χ1) is 8.05. The van der Waals surface area contributed by atoms with Crippen LogP contribution in [-0.4, -0.2) is 45.3 Å². The minimum Gasteiger partial charge on any atom is -0.317 e. The number of hydrogen-bond acceptors (Lipinski definition) is 4. The molecule has 0 aromatic rings. The number of nitrogens with one attached hydrogen (secondary N) is 2. The maximum absolute atomic E-state index is 11.8. The molecule has 4 nitrogen and oxygen atoms in total. The number of sulfonamides is 1. The van der Waals surface area contributed by atoms with Gasteiger partial charge in [0.1, 0.15) is 0 Å². The second-order valence-electron chi connectivity index (χ2n) is 4.10. The zero-order valence-corrected chi connectivity index (χ0v) is 12.8. The van der Waals surface area contributed by atoms with Crippen molar-refractivity contribution in [1.29, 1.82) is 0 Å². The minimum absolute atomic E-state index is 0.0681. The lowest BCUT2D eigenvalue weighted by molar-refractivity contribution is 0.553. The molecule has 0 aliphatic carbocycles. The number of rotatable bonds is 11. The second kappa shape index (κ2) is 10.2. The highest BCUT2D eigenvalue weighted by Crippen LogP contribution is 2.03. The lowest BCUT2D eigenvalue weighted by Crippen LogP contribution is -2.38. The van der Waals surface area contributed by atoms with E-state index in [2.05, 4.69) is 17.0 Å². The smallest absolute Gasteiger partial charge is 0.211 e. The average molecular weight is 282 g/mol. The van der Waals surface area contributed by atoms with Crippen molar-refractivity contribution in [1.82, 2.24) is 10.0 Å². The molecule has 0 saturated carbocycles. The Balaban J connectivity index is 3.85. The van der Waals surface area contributed by atoms with Crippen LogP contribution < -0.4 is 10.0 Å². The molecule has 1 unspecified atom stereocenters. The molecule has 0 fully saturated rings. The van der Waals surface area contributed by atoms with Gasteiger partial charge >= 0.3 is 0 Å². The fourth-order valence-corrected chi connectivity index (χ4v) is 3.67.